The van der Waals surface area contributed by atoms with E-state index in [9.17, 15) is 14.4 Å². The maximum atomic E-state index is 13.5. The quantitative estimate of drug-likeness (QED) is 0.321. The minimum atomic E-state index is -0.328. The fourth-order valence-corrected chi connectivity index (χ4v) is 7.44. The summed E-state index contributed by atoms with van der Waals surface area (Å²) in [5, 5.41) is 15.5. The van der Waals surface area contributed by atoms with Crippen molar-refractivity contribution in [3.05, 3.63) is 58.5 Å². The van der Waals surface area contributed by atoms with Crippen LogP contribution in [0.15, 0.2) is 36.4 Å². The molecule has 0 aliphatic carbocycles. The zero-order valence-electron chi connectivity index (χ0n) is 23.9. The van der Waals surface area contributed by atoms with Crippen LogP contribution in [-0.4, -0.2) is 71.8 Å². The summed E-state index contributed by atoms with van der Waals surface area (Å²) in [4.78, 5) is 24.5. The summed E-state index contributed by atoms with van der Waals surface area (Å²) in [5.74, 6) is -0.0509. The molecule has 9 nitrogen and oxygen atoms in total. The molecule has 1 atom stereocenters. The monoisotopic (exact) mass is 585 g/mol. The van der Waals surface area contributed by atoms with Gasteiger partial charge in [-0.25, -0.2) is 13.9 Å². The smallest absolute Gasteiger partial charge is 0.228 e. The van der Waals surface area contributed by atoms with E-state index in [1.807, 2.05) is 21.4 Å². The van der Waals surface area contributed by atoms with Crippen LogP contribution in [0.25, 0.3) is 16.8 Å². The van der Waals surface area contributed by atoms with Gasteiger partial charge in [-0.15, -0.1) is 0 Å². The number of nitriles is 1. The first-order valence-corrected chi connectivity index (χ1v) is 15.1. The molecule has 0 bridgehead atoms. The van der Waals surface area contributed by atoms with Crippen LogP contribution in [0.2, 0.25) is 0 Å². The molecule has 6 heterocycles. The second-order valence-corrected chi connectivity index (χ2v) is 12.7. The van der Waals surface area contributed by atoms with Crippen LogP contribution < -0.4 is 9.80 Å². The zero-order valence-corrected chi connectivity index (χ0v) is 24.7. The minimum Gasteiger partial charge on any atom is -0.381 e. The van der Waals surface area contributed by atoms with Gasteiger partial charge in [-0.05, 0) is 56.2 Å². The molecule has 3 aliphatic rings. The second-order valence-electron chi connectivity index (χ2n) is 11.8. The zero-order chi connectivity index (χ0) is 29.2. The normalized spacial score (nSPS) is 19.2. The molecule has 7 rings (SSSR count). The summed E-state index contributed by atoms with van der Waals surface area (Å²) < 4.78 is 20.9. The molecular weight excluding hydrogens is 553 g/mol. The number of aryl methyl sites for hydroxylation is 2. The summed E-state index contributed by atoms with van der Waals surface area (Å²) >= 11 is 1.32. The van der Waals surface area contributed by atoms with Crippen molar-refractivity contribution in [1.29, 1.82) is 5.26 Å². The van der Waals surface area contributed by atoms with E-state index in [-0.39, 0.29) is 23.1 Å². The Bertz CT molecular complexity index is 1720. The number of hydrogen-bond donors (Lipinski definition) is 0. The Hall–Kier alpha value is -4.01. The molecule has 1 amide bonds. The van der Waals surface area contributed by atoms with Crippen LogP contribution in [0.4, 0.5) is 20.9 Å². The van der Waals surface area contributed by atoms with Gasteiger partial charge in [-0.2, -0.15) is 10.4 Å². The standard InChI is InChI=1S/C31H32FN7O2S/c1-4-24-28(36(3)30-34-27(26(13-33)42-30)20-5-7-22(32)8-6-20)25-12-23(11-19(2)39(25)35-24)37-15-31(16-37)17-38(18-31)29(40)21-9-10-41-14-21/h5-8,11-12,21H,4,9-10,14-18H2,1-3H3. The number of hydrogen-bond acceptors (Lipinski definition) is 8. The molecule has 1 spiro atoms. The highest BCUT2D eigenvalue weighted by Crippen LogP contribution is 2.44. The molecule has 4 aromatic rings. The molecule has 216 valence electrons. The average molecular weight is 586 g/mol. The van der Waals surface area contributed by atoms with Gasteiger partial charge in [0, 0.05) is 62.2 Å². The number of rotatable bonds is 6. The third kappa shape index (κ3) is 4.32. The highest BCUT2D eigenvalue weighted by Gasteiger charge is 2.54. The third-order valence-corrected chi connectivity index (χ3v) is 9.83. The van der Waals surface area contributed by atoms with Gasteiger partial charge in [0.05, 0.1) is 29.4 Å². The summed E-state index contributed by atoms with van der Waals surface area (Å²) in [6.07, 6.45) is 1.57. The van der Waals surface area contributed by atoms with E-state index in [1.54, 1.807) is 12.1 Å². The number of carbonyl (C=O) groups is 1. The molecule has 11 heteroatoms. The summed E-state index contributed by atoms with van der Waals surface area (Å²) in [5.41, 5.74) is 6.49. The number of ether oxygens (including phenoxy) is 1. The SMILES string of the molecule is CCc1nn2c(C)cc(N3CC4(CN(C(=O)C5CCOC5)C4)C3)cc2c1N(C)c1nc(-c2ccc(F)cc2)c(C#N)s1. The van der Waals surface area contributed by atoms with Gasteiger partial charge in [0.25, 0.3) is 0 Å². The predicted molar refractivity (Wildman–Crippen MR) is 160 cm³/mol. The van der Waals surface area contributed by atoms with Crippen molar-refractivity contribution in [2.24, 2.45) is 11.3 Å². The lowest BCUT2D eigenvalue weighted by Crippen LogP contribution is -2.73. The van der Waals surface area contributed by atoms with Crippen molar-refractivity contribution < 1.29 is 13.9 Å². The van der Waals surface area contributed by atoms with Gasteiger partial charge in [0.15, 0.2) is 5.13 Å². The van der Waals surface area contributed by atoms with Crippen molar-refractivity contribution in [2.75, 3.05) is 56.2 Å². The van der Waals surface area contributed by atoms with Crippen molar-refractivity contribution in [2.45, 2.75) is 26.7 Å². The van der Waals surface area contributed by atoms with Gasteiger partial charge in [0.2, 0.25) is 5.91 Å². The van der Waals surface area contributed by atoms with Crippen LogP contribution >= 0.6 is 11.3 Å². The highest BCUT2D eigenvalue weighted by atomic mass is 32.1. The number of fused-ring (bicyclic) bond motifs is 1. The van der Waals surface area contributed by atoms with Gasteiger partial charge >= 0.3 is 0 Å². The van der Waals surface area contributed by atoms with Gasteiger partial charge in [-0.3, -0.25) is 4.79 Å². The second kappa shape index (κ2) is 10.1. The Balaban J connectivity index is 1.16. The Morgan fingerprint density at radius 3 is 2.67 bits per heavy atom. The molecule has 1 unspecified atom stereocenters. The number of pyridine rings is 1. The minimum absolute atomic E-state index is 0.0301. The molecule has 0 N–H and O–H groups in total. The number of amides is 1. The number of likely N-dealkylation sites (tertiary alicyclic amines) is 1. The van der Waals surface area contributed by atoms with Crippen LogP contribution in [0.5, 0.6) is 0 Å². The highest BCUT2D eigenvalue weighted by molar-refractivity contribution is 7.16. The maximum Gasteiger partial charge on any atom is 0.228 e. The van der Waals surface area contributed by atoms with E-state index in [0.717, 1.165) is 67.3 Å². The summed E-state index contributed by atoms with van der Waals surface area (Å²) in [6.45, 7) is 8.89. The number of thiazole rings is 1. The summed E-state index contributed by atoms with van der Waals surface area (Å²) in [6, 6.07) is 12.7. The number of nitrogens with zero attached hydrogens (tertiary/aromatic N) is 7. The number of carbonyl (C=O) groups excluding carboxylic acids is 1. The Kier molecular flexibility index (Phi) is 6.44. The molecule has 3 aliphatic heterocycles. The number of halogens is 1. The van der Waals surface area contributed by atoms with Gasteiger partial charge in [0.1, 0.15) is 22.5 Å². The number of aromatic nitrogens is 3. The summed E-state index contributed by atoms with van der Waals surface area (Å²) in [7, 11) is 1.96. The third-order valence-electron chi connectivity index (χ3n) is 8.79. The fourth-order valence-electron chi connectivity index (χ4n) is 6.59. The lowest BCUT2D eigenvalue weighted by Gasteiger charge is -2.61. The van der Waals surface area contributed by atoms with Crippen molar-refractivity contribution >= 4 is 39.3 Å². The van der Waals surface area contributed by atoms with Crippen molar-refractivity contribution in [3.63, 3.8) is 0 Å². The van der Waals surface area contributed by atoms with E-state index in [1.165, 1.54) is 23.5 Å². The largest absolute Gasteiger partial charge is 0.381 e. The van der Waals surface area contributed by atoms with Crippen molar-refractivity contribution in [3.8, 4) is 17.3 Å². The lowest BCUT2D eigenvalue weighted by atomic mass is 9.72. The van der Waals surface area contributed by atoms with Gasteiger partial charge < -0.3 is 19.4 Å². The first kappa shape index (κ1) is 26.9. The Morgan fingerprint density at radius 2 is 2.00 bits per heavy atom. The van der Waals surface area contributed by atoms with Crippen LogP contribution in [-0.2, 0) is 16.0 Å². The van der Waals surface area contributed by atoms with Crippen LogP contribution in [0.1, 0.15) is 29.6 Å². The Labute approximate surface area is 247 Å². The number of anilines is 3. The Morgan fingerprint density at radius 1 is 1.24 bits per heavy atom. The topological polar surface area (TPSA) is 90.0 Å². The molecule has 42 heavy (non-hydrogen) atoms. The first-order chi connectivity index (χ1) is 20.3. The van der Waals surface area contributed by atoms with E-state index >= 15 is 0 Å². The molecular formula is C31H32FN7O2S. The molecule has 0 radical (unpaired) electrons. The van der Waals surface area contributed by atoms with Gasteiger partial charge in [-0.1, -0.05) is 18.3 Å². The van der Waals surface area contributed by atoms with Crippen LogP contribution in [0, 0.1) is 35.4 Å². The van der Waals surface area contributed by atoms with E-state index in [0.29, 0.717) is 34.5 Å². The van der Waals surface area contributed by atoms with E-state index in [4.69, 9.17) is 14.8 Å². The molecule has 0 saturated carbocycles. The van der Waals surface area contributed by atoms with Crippen LogP contribution in [0.3, 0.4) is 0 Å². The predicted octanol–water partition coefficient (Wildman–Crippen LogP) is 4.79. The first-order valence-electron chi connectivity index (χ1n) is 14.3. The molecule has 1 aromatic carbocycles. The molecule has 3 saturated heterocycles. The average Bonchev–Trinajstić information content (AvgIpc) is 3.70. The molecule has 3 aromatic heterocycles. The van der Waals surface area contributed by atoms with E-state index in [2.05, 4.69) is 36.9 Å². The fraction of sp³-hybridized carbons (Fsp3) is 0.419. The maximum absolute atomic E-state index is 13.5. The van der Waals surface area contributed by atoms with Crippen molar-refractivity contribution in [1.82, 2.24) is 19.5 Å². The lowest BCUT2D eigenvalue weighted by molar-refractivity contribution is -0.149. The number of benzene rings is 1. The van der Waals surface area contributed by atoms with E-state index < -0.39 is 0 Å². The molecule has 3 fully saturated rings.